The Hall–Kier alpha value is -0.940. The van der Waals surface area contributed by atoms with E-state index in [0.717, 1.165) is 44.6 Å². The SMILES string of the molecule is CNC(CO)(CCN1CCCOC(C)C1)c1ccccc1. The number of nitrogens with zero attached hydrogens (tertiary/aromatic N) is 1. The summed E-state index contributed by atoms with van der Waals surface area (Å²) in [6.07, 6.45) is 2.26. The van der Waals surface area contributed by atoms with E-state index in [0.29, 0.717) is 6.10 Å². The monoisotopic (exact) mass is 292 g/mol. The summed E-state index contributed by atoms with van der Waals surface area (Å²) < 4.78 is 5.70. The lowest BCUT2D eigenvalue weighted by molar-refractivity contribution is 0.0646. The van der Waals surface area contributed by atoms with Crippen LogP contribution in [-0.2, 0) is 10.3 Å². The number of benzene rings is 1. The standard InChI is InChI=1S/C17H28N2O2/c1-15-13-19(10-6-12-21-15)11-9-17(14-20,18-2)16-7-4-3-5-8-16/h3-5,7-8,15,18,20H,6,9-14H2,1-2H3. The fourth-order valence-corrected chi connectivity index (χ4v) is 3.05. The van der Waals surface area contributed by atoms with Crippen molar-refractivity contribution in [1.82, 2.24) is 10.2 Å². The fraction of sp³-hybridized carbons (Fsp3) is 0.647. The van der Waals surface area contributed by atoms with Crippen molar-refractivity contribution < 1.29 is 9.84 Å². The average Bonchev–Trinajstić information content (AvgIpc) is 2.74. The van der Waals surface area contributed by atoms with Gasteiger partial charge in [-0.15, -0.1) is 0 Å². The minimum absolute atomic E-state index is 0.105. The molecular formula is C17H28N2O2. The van der Waals surface area contributed by atoms with Gasteiger partial charge in [0.25, 0.3) is 0 Å². The number of aliphatic hydroxyl groups excluding tert-OH is 1. The summed E-state index contributed by atoms with van der Waals surface area (Å²) in [5, 5.41) is 13.3. The second kappa shape index (κ2) is 7.90. The van der Waals surface area contributed by atoms with Crippen molar-refractivity contribution in [3.63, 3.8) is 0 Å². The maximum atomic E-state index is 9.96. The van der Waals surface area contributed by atoms with Gasteiger partial charge in [0, 0.05) is 26.2 Å². The molecule has 2 N–H and O–H groups in total. The number of rotatable bonds is 6. The van der Waals surface area contributed by atoms with E-state index >= 15 is 0 Å². The Bertz CT molecular complexity index is 407. The van der Waals surface area contributed by atoms with E-state index in [2.05, 4.69) is 29.3 Å². The lowest BCUT2D eigenvalue weighted by Gasteiger charge is -2.34. The van der Waals surface area contributed by atoms with Gasteiger partial charge in [0.2, 0.25) is 0 Å². The molecule has 1 aliphatic rings. The predicted octanol–water partition coefficient (Wildman–Crippen LogP) is 1.59. The van der Waals surface area contributed by atoms with Crippen LogP contribution in [0.15, 0.2) is 30.3 Å². The van der Waals surface area contributed by atoms with E-state index in [4.69, 9.17) is 4.74 Å². The second-order valence-corrected chi connectivity index (χ2v) is 5.94. The highest BCUT2D eigenvalue weighted by Gasteiger charge is 2.30. The maximum absolute atomic E-state index is 9.96. The zero-order chi connectivity index (χ0) is 15.1. The topological polar surface area (TPSA) is 44.7 Å². The molecular weight excluding hydrogens is 264 g/mol. The van der Waals surface area contributed by atoms with Crippen LogP contribution in [0.1, 0.15) is 25.3 Å². The molecule has 0 saturated carbocycles. The first kappa shape index (κ1) is 16.4. The minimum atomic E-state index is -0.363. The summed E-state index contributed by atoms with van der Waals surface area (Å²) in [4.78, 5) is 2.45. The Kier molecular flexibility index (Phi) is 6.18. The Morgan fingerprint density at radius 1 is 1.38 bits per heavy atom. The van der Waals surface area contributed by atoms with Gasteiger partial charge < -0.3 is 20.1 Å². The van der Waals surface area contributed by atoms with Crippen LogP contribution in [0.4, 0.5) is 0 Å². The summed E-state index contributed by atoms with van der Waals surface area (Å²) in [5.41, 5.74) is 0.784. The highest BCUT2D eigenvalue weighted by Crippen LogP contribution is 2.25. The predicted molar refractivity (Wildman–Crippen MR) is 85.4 cm³/mol. The molecule has 1 saturated heterocycles. The van der Waals surface area contributed by atoms with Crippen LogP contribution in [0.3, 0.4) is 0 Å². The second-order valence-electron chi connectivity index (χ2n) is 5.94. The molecule has 1 fully saturated rings. The van der Waals surface area contributed by atoms with E-state index < -0.39 is 0 Å². The molecule has 2 atom stereocenters. The van der Waals surface area contributed by atoms with Gasteiger partial charge in [0.15, 0.2) is 0 Å². The van der Waals surface area contributed by atoms with Crippen LogP contribution >= 0.6 is 0 Å². The molecule has 0 aromatic heterocycles. The molecule has 118 valence electrons. The molecule has 0 bridgehead atoms. The maximum Gasteiger partial charge on any atom is 0.0678 e. The normalized spacial score (nSPS) is 23.5. The zero-order valence-electron chi connectivity index (χ0n) is 13.2. The minimum Gasteiger partial charge on any atom is -0.394 e. The van der Waals surface area contributed by atoms with Gasteiger partial charge in [-0.3, -0.25) is 0 Å². The summed E-state index contributed by atoms with van der Waals surface area (Å²) in [6.45, 7) is 6.10. The molecule has 1 aromatic rings. The summed E-state index contributed by atoms with van der Waals surface area (Å²) in [6, 6.07) is 10.2. The Balaban J connectivity index is 2.03. The number of hydrogen-bond donors (Lipinski definition) is 2. The van der Waals surface area contributed by atoms with E-state index in [1.165, 1.54) is 0 Å². The third-order valence-corrected chi connectivity index (χ3v) is 4.47. The van der Waals surface area contributed by atoms with Gasteiger partial charge in [-0.05, 0) is 32.4 Å². The number of likely N-dealkylation sites (N-methyl/N-ethyl adjacent to an activating group) is 1. The first-order valence-corrected chi connectivity index (χ1v) is 7.89. The number of hydrogen-bond acceptors (Lipinski definition) is 4. The van der Waals surface area contributed by atoms with Crippen molar-refractivity contribution in [2.45, 2.75) is 31.4 Å². The molecule has 2 unspecified atom stereocenters. The van der Waals surface area contributed by atoms with Gasteiger partial charge in [-0.1, -0.05) is 30.3 Å². The van der Waals surface area contributed by atoms with E-state index in [-0.39, 0.29) is 12.1 Å². The van der Waals surface area contributed by atoms with E-state index in [1.807, 2.05) is 25.2 Å². The van der Waals surface area contributed by atoms with Crippen molar-refractivity contribution in [3.05, 3.63) is 35.9 Å². The first-order chi connectivity index (χ1) is 10.2. The third-order valence-electron chi connectivity index (χ3n) is 4.47. The molecule has 0 spiro atoms. The van der Waals surface area contributed by atoms with Gasteiger partial charge in [-0.2, -0.15) is 0 Å². The van der Waals surface area contributed by atoms with Crippen LogP contribution in [-0.4, -0.2) is 56.0 Å². The highest BCUT2D eigenvalue weighted by atomic mass is 16.5. The van der Waals surface area contributed by atoms with Crippen LogP contribution in [0.25, 0.3) is 0 Å². The van der Waals surface area contributed by atoms with Crippen molar-refractivity contribution in [1.29, 1.82) is 0 Å². The molecule has 0 radical (unpaired) electrons. The van der Waals surface area contributed by atoms with Gasteiger partial charge >= 0.3 is 0 Å². The lowest BCUT2D eigenvalue weighted by Crippen LogP contribution is -2.46. The third kappa shape index (κ3) is 4.27. The highest BCUT2D eigenvalue weighted by molar-refractivity contribution is 5.24. The molecule has 1 aromatic carbocycles. The Labute approximate surface area is 128 Å². The fourth-order valence-electron chi connectivity index (χ4n) is 3.05. The number of ether oxygens (including phenoxy) is 1. The molecule has 1 heterocycles. The number of aliphatic hydroxyl groups is 1. The van der Waals surface area contributed by atoms with E-state index in [9.17, 15) is 5.11 Å². The quantitative estimate of drug-likeness (QED) is 0.836. The molecule has 0 amide bonds. The van der Waals surface area contributed by atoms with Crippen LogP contribution < -0.4 is 5.32 Å². The summed E-state index contributed by atoms with van der Waals surface area (Å²) in [5.74, 6) is 0. The average molecular weight is 292 g/mol. The molecule has 2 rings (SSSR count). The molecule has 21 heavy (non-hydrogen) atoms. The lowest BCUT2D eigenvalue weighted by atomic mass is 9.87. The van der Waals surface area contributed by atoms with Crippen molar-refractivity contribution in [2.75, 3.05) is 39.9 Å². The Morgan fingerprint density at radius 2 is 2.14 bits per heavy atom. The zero-order valence-corrected chi connectivity index (χ0v) is 13.2. The summed E-state index contributed by atoms with van der Waals surface area (Å²) in [7, 11) is 1.93. The smallest absolute Gasteiger partial charge is 0.0678 e. The number of nitrogens with one attached hydrogen (secondary N) is 1. The van der Waals surface area contributed by atoms with Gasteiger partial charge in [0.1, 0.15) is 0 Å². The largest absolute Gasteiger partial charge is 0.394 e. The van der Waals surface area contributed by atoms with Crippen molar-refractivity contribution in [2.24, 2.45) is 0 Å². The molecule has 4 nitrogen and oxygen atoms in total. The van der Waals surface area contributed by atoms with E-state index in [1.54, 1.807) is 0 Å². The van der Waals surface area contributed by atoms with Crippen molar-refractivity contribution >= 4 is 0 Å². The Morgan fingerprint density at radius 3 is 2.81 bits per heavy atom. The molecule has 0 aliphatic carbocycles. The molecule has 1 aliphatic heterocycles. The summed E-state index contributed by atoms with van der Waals surface area (Å²) >= 11 is 0. The van der Waals surface area contributed by atoms with Crippen LogP contribution in [0, 0.1) is 0 Å². The van der Waals surface area contributed by atoms with Crippen molar-refractivity contribution in [3.8, 4) is 0 Å². The van der Waals surface area contributed by atoms with Gasteiger partial charge in [0.05, 0.1) is 18.2 Å². The van der Waals surface area contributed by atoms with Crippen LogP contribution in [0.5, 0.6) is 0 Å². The van der Waals surface area contributed by atoms with Gasteiger partial charge in [-0.25, -0.2) is 0 Å². The first-order valence-electron chi connectivity index (χ1n) is 7.89. The van der Waals surface area contributed by atoms with Crippen LogP contribution in [0.2, 0.25) is 0 Å². The molecule has 4 heteroatoms.